The zero-order valence-corrected chi connectivity index (χ0v) is 15.2. The Bertz CT molecular complexity index is 816. The van der Waals surface area contributed by atoms with Crippen LogP contribution in [0.4, 0.5) is 0 Å². The maximum atomic E-state index is 6.16. The highest BCUT2D eigenvalue weighted by atomic mass is 35.5. The fourth-order valence-electron chi connectivity index (χ4n) is 2.83. The van der Waals surface area contributed by atoms with Gasteiger partial charge >= 0.3 is 0 Å². The van der Waals surface area contributed by atoms with E-state index in [0.29, 0.717) is 17.4 Å². The van der Waals surface area contributed by atoms with Crippen LogP contribution < -0.4 is 9.47 Å². The monoisotopic (exact) mass is 358 g/mol. The van der Waals surface area contributed by atoms with Crippen molar-refractivity contribution >= 4 is 22.6 Å². The van der Waals surface area contributed by atoms with Crippen molar-refractivity contribution in [2.24, 2.45) is 0 Å². The molecular formula is C20H23ClN2O2. The lowest BCUT2D eigenvalue weighted by atomic mass is 10.2. The summed E-state index contributed by atoms with van der Waals surface area (Å²) in [7, 11) is 1.62. The fourth-order valence-corrected chi connectivity index (χ4v) is 3.06. The molecule has 1 aromatic heterocycles. The summed E-state index contributed by atoms with van der Waals surface area (Å²) < 4.78 is 13.1. The molecule has 3 aromatic rings. The average molecular weight is 359 g/mol. The van der Waals surface area contributed by atoms with Crippen LogP contribution in [-0.4, -0.2) is 23.3 Å². The quantitative estimate of drug-likeness (QED) is 0.484. The lowest BCUT2D eigenvalue weighted by Crippen LogP contribution is -1.99. The van der Waals surface area contributed by atoms with E-state index in [2.05, 4.69) is 21.7 Å². The Morgan fingerprint density at radius 1 is 1.04 bits per heavy atom. The number of aryl methyl sites for hydroxylation is 1. The first-order valence-electron chi connectivity index (χ1n) is 8.64. The molecule has 0 spiro atoms. The van der Waals surface area contributed by atoms with Crippen molar-refractivity contribution < 1.29 is 9.47 Å². The molecule has 0 aliphatic carbocycles. The summed E-state index contributed by atoms with van der Waals surface area (Å²) in [4.78, 5) is 4.42. The number of ether oxygens (including phenoxy) is 2. The van der Waals surface area contributed by atoms with Crippen molar-refractivity contribution in [1.82, 2.24) is 9.55 Å². The molecule has 0 amide bonds. The Kier molecular flexibility index (Phi) is 6.18. The van der Waals surface area contributed by atoms with Crippen molar-refractivity contribution in [2.75, 3.05) is 13.7 Å². The number of nitrogens with zero attached hydrogens (tertiary/aromatic N) is 2. The number of hydrogen-bond donors (Lipinski definition) is 0. The Balaban J connectivity index is 1.34. The van der Waals surface area contributed by atoms with Crippen molar-refractivity contribution in [3.63, 3.8) is 0 Å². The molecule has 132 valence electrons. The van der Waals surface area contributed by atoms with Gasteiger partial charge in [0.25, 0.3) is 0 Å². The summed E-state index contributed by atoms with van der Waals surface area (Å²) in [6.45, 7) is 1.69. The fraction of sp³-hybridized carbons (Fsp3) is 0.350. The van der Waals surface area contributed by atoms with Crippen LogP contribution in [0.2, 0.25) is 5.02 Å². The topological polar surface area (TPSA) is 36.3 Å². The van der Waals surface area contributed by atoms with Crippen molar-refractivity contribution in [3.8, 4) is 11.5 Å². The number of halogens is 1. The van der Waals surface area contributed by atoms with Crippen LogP contribution in [0.3, 0.4) is 0 Å². The van der Waals surface area contributed by atoms with E-state index >= 15 is 0 Å². The van der Waals surface area contributed by atoms with Crippen LogP contribution >= 0.6 is 11.6 Å². The zero-order valence-electron chi connectivity index (χ0n) is 14.5. The molecule has 2 aromatic carbocycles. The van der Waals surface area contributed by atoms with Gasteiger partial charge in [0.05, 0.1) is 36.1 Å². The standard InChI is InChI=1S/C20H23ClN2O2/c1-24-16-10-11-20(17(21)14-16)25-13-7-3-2-6-12-23-15-22-18-8-4-5-9-19(18)23/h4-5,8-11,14-15H,2-3,6-7,12-13H2,1H3. The summed E-state index contributed by atoms with van der Waals surface area (Å²) in [5.41, 5.74) is 2.27. The molecule has 1 heterocycles. The van der Waals surface area contributed by atoms with Gasteiger partial charge in [-0.15, -0.1) is 0 Å². The number of para-hydroxylation sites is 2. The van der Waals surface area contributed by atoms with Gasteiger partial charge < -0.3 is 14.0 Å². The number of imidazole rings is 1. The Morgan fingerprint density at radius 2 is 1.88 bits per heavy atom. The van der Waals surface area contributed by atoms with Gasteiger partial charge in [-0.2, -0.15) is 0 Å². The number of benzene rings is 2. The molecule has 25 heavy (non-hydrogen) atoms. The molecule has 0 unspecified atom stereocenters. The number of fused-ring (bicyclic) bond motifs is 1. The number of unbranched alkanes of at least 4 members (excludes halogenated alkanes) is 3. The van der Waals surface area contributed by atoms with Gasteiger partial charge in [-0.1, -0.05) is 36.6 Å². The van der Waals surface area contributed by atoms with E-state index in [0.717, 1.165) is 37.1 Å². The molecule has 3 rings (SSSR count). The minimum absolute atomic E-state index is 0.589. The number of aromatic nitrogens is 2. The third-order valence-electron chi connectivity index (χ3n) is 4.22. The van der Waals surface area contributed by atoms with Gasteiger partial charge in [-0.25, -0.2) is 4.98 Å². The minimum Gasteiger partial charge on any atom is -0.497 e. The van der Waals surface area contributed by atoms with E-state index in [1.165, 1.54) is 11.9 Å². The average Bonchev–Trinajstić information content (AvgIpc) is 3.05. The van der Waals surface area contributed by atoms with Gasteiger partial charge in [0.15, 0.2) is 0 Å². The summed E-state index contributed by atoms with van der Waals surface area (Å²) >= 11 is 6.16. The smallest absolute Gasteiger partial charge is 0.138 e. The molecule has 0 N–H and O–H groups in total. The summed E-state index contributed by atoms with van der Waals surface area (Å²) in [6.07, 6.45) is 6.41. The lowest BCUT2D eigenvalue weighted by Gasteiger charge is -2.09. The number of methoxy groups -OCH3 is 1. The molecule has 0 aliphatic heterocycles. The highest BCUT2D eigenvalue weighted by Gasteiger charge is 2.04. The minimum atomic E-state index is 0.589. The SMILES string of the molecule is COc1ccc(OCCCCCCn2cnc3ccccc32)c(Cl)c1. The largest absolute Gasteiger partial charge is 0.497 e. The molecule has 5 heteroatoms. The van der Waals surface area contributed by atoms with Crippen molar-refractivity contribution in [3.05, 3.63) is 53.8 Å². The summed E-state index contributed by atoms with van der Waals surface area (Å²) in [5.74, 6) is 1.46. The Hall–Kier alpha value is -2.20. The third-order valence-corrected chi connectivity index (χ3v) is 4.51. The molecule has 0 fully saturated rings. The van der Waals surface area contributed by atoms with Crippen LogP contribution in [0.5, 0.6) is 11.5 Å². The van der Waals surface area contributed by atoms with Crippen LogP contribution in [0.15, 0.2) is 48.8 Å². The molecule has 0 saturated heterocycles. The van der Waals surface area contributed by atoms with E-state index < -0.39 is 0 Å². The molecule has 0 radical (unpaired) electrons. The molecular weight excluding hydrogens is 336 g/mol. The zero-order chi connectivity index (χ0) is 17.5. The molecule has 0 atom stereocenters. The van der Waals surface area contributed by atoms with Gasteiger partial charge in [-0.05, 0) is 37.1 Å². The molecule has 4 nitrogen and oxygen atoms in total. The second-order valence-corrected chi connectivity index (χ2v) is 6.39. The summed E-state index contributed by atoms with van der Waals surface area (Å²) in [5, 5.41) is 0.589. The first-order valence-corrected chi connectivity index (χ1v) is 9.02. The third kappa shape index (κ3) is 4.67. The predicted molar refractivity (Wildman–Crippen MR) is 102 cm³/mol. The van der Waals surface area contributed by atoms with Crippen molar-refractivity contribution in [2.45, 2.75) is 32.2 Å². The van der Waals surface area contributed by atoms with Gasteiger partial charge in [-0.3, -0.25) is 0 Å². The normalized spacial score (nSPS) is 11.0. The highest BCUT2D eigenvalue weighted by molar-refractivity contribution is 6.32. The second kappa shape index (κ2) is 8.77. The maximum absolute atomic E-state index is 6.16. The van der Waals surface area contributed by atoms with E-state index in [-0.39, 0.29) is 0 Å². The van der Waals surface area contributed by atoms with Gasteiger partial charge in [0.2, 0.25) is 0 Å². The predicted octanol–water partition coefficient (Wildman–Crippen LogP) is 5.34. The van der Waals surface area contributed by atoms with E-state index in [1.54, 1.807) is 13.2 Å². The maximum Gasteiger partial charge on any atom is 0.138 e. The first-order chi connectivity index (χ1) is 12.3. The lowest BCUT2D eigenvalue weighted by molar-refractivity contribution is 0.303. The van der Waals surface area contributed by atoms with E-state index in [4.69, 9.17) is 21.1 Å². The van der Waals surface area contributed by atoms with Crippen LogP contribution in [0.25, 0.3) is 11.0 Å². The molecule has 0 aliphatic rings. The van der Waals surface area contributed by atoms with Gasteiger partial charge in [0, 0.05) is 12.6 Å². The van der Waals surface area contributed by atoms with Crippen LogP contribution in [-0.2, 0) is 6.54 Å². The molecule has 0 bridgehead atoms. The molecule has 0 saturated carbocycles. The summed E-state index contributed by atoms with van der Waals surface area (Å²) in [6, 6.07) is 13.7. The Labute approximate surface area is 153 Å². The van der Waals surface area contributed by atoms with E-state index in [1.807, 2.05) is 30.6 Å². The number of rotatable bonds is 9. The first kappa shape index (κ1) is 17.6. The number of hydrogen-bond acceptors (Lipinski definition) is 3. The second-order valence-electron chi connectivity index (χ2n) is 5.99. The highest BCUT2D eigenvalue weighted by Crippen LogP contribution is 2.28. The van der Waals surface area contributed by atoms with Crippen molar-refractivity contribution in [1.29, 1.82) is 0 Å². The Morgan fingerprint density at radius 3 is 2.72 bits per heavy atom. The van der Waals surface area contributed by atoms with Gasteiger partial charge in [0.1, 0.15) is 11.5 Å². The van der Waals surface area contributed by atoms with Crippen LogP contribution in [0, 0.1) is 0 Å². The van der Waals surface area contributed by atoms with E-state index in [9.17, 15) is 0 Å². The van der Waals surface area contributed by atoms with Crippen LogP contribution in [0.1, 0.15) is 25.7 Å².